The average Bonchev–Trinajstić information content (AvgIpc) is 3.01. The summed E-state index contributed by atoms with van der Waals surface area (Å²) in [6.07, 6.45) is 5.17. The lowest BCUT2D eigenvalue weighted by molar-refractivity contribution is -0.145. The number of hydrogen-bond acceptors (Lipinski definition) is 3. The largest absolute Gasteiger partial charge is 0.466 e. The third-order valence-electron chi connectivity index (χ3n) is 4.18. The smallest absolute Gasteiger partial charge is 0.313 e. The molecular formula is C19H23N3O2. The molecule has 126 valence electrons. The van der Waals surface area contributed by atoms with E-state index in [0.717, 1.165) is 12.0 Å². The number of carbonyl (C=O) groups is 1. The summed E-state index contributed by atoms with van der Waals surface area (Å²) in [5.74, 6) is -0.178. The van der Waals surface area contributed by atoms with Crippen LogP contribution in [0.4, 0.5) is 5.69 Å². The van der Waals surface area contributed by atoms with Crippen molar-refractivity contribution in [2.75, 3.05) is 6.61 Å². The van der Waals surface area contributed by atoms with E-state index in [0.29, 0.717) is 24.6 Å². The molecule has 0 fully saturated rings. The van der Waals surface area contributed by atoms with E-state index < -0.39 is 0 Å². The van der Waals surface area contributed by atoms with Crippen molar-refractivity contribution in [3.63, 3.8) is 0 Å². The van der Waals surface area contributed by atoms with Gasteiger partial charge in [-0.1, -0.05) is 31.2 Å². The van der Waals surface area contributed by atoms with Crippen molar-refractivity contribution in [1.29, 1.82) is 0 Å². The van der Waals surface area contributed by atoms with Crippen LogP contribution >= 0.6 is 0 Å². The molecule has 0 N–H and O–H groups in total. The second-order valence-corrected chi connectivity index (χ2v) is 5.93. The van der Waals surface area contributed by atoms with Gasteiger partial charge in [0.25, 0.3) is 0 Å². The summed E-state index contributed by atoms with van der Waals surface area (Å²) in [5, 5.41) is 4.17. The first kappa shape index (κ1) is 17.7. The Morgan fingerprint density at radius 2 is 2.00 bits per heavy atom. The molecule has 0 radical (unpaired) electrons. The molecule has 2 rings (SSSR count). The molecule has 0 saturated heterocycles. The number of hydrogen-bond donors (Lipinski definition) is 0. The molecule has 0 bridgehead atoms. The van der Waals surface area contributed by atoms with E-state index in [4.69, 9.17) is 11.3 Å². The first-order chi connectivity index (χ1) is 11.5. The topological polar surface area (TPSA) is 48.5 Å². The molecular weight excluding hydrogens is 302 g/mol. The SMILES string of the molecule is [C-]#[N+]c1ccc(C(C)CCC(C(=O)OCC)c2cnn(C)c2)cc1. The van der Waals surface area contributed by atoms with Gasteiger partial charge in [-0.15, -0.1) is 0 Å². The highest BCUT2D eigenvalue weighted by molar-refractivity contribution is 5.77. The zero-order chi connectivity index (χ0) is 17.5. The molecule has 1 aromatic carbocycles. The predicted octanol–water partition coefficient (Wildman–Crippen LogP) is 4.20. The monoisotopic (exact) mass is 325 g/mol. The van der Waals surface area contributed by atoms with Gasteiger partial charge >= 0.3 is 5.97 Å². The van der Waals surface area contributed by atoms with Gasteiger partial charge in [0.05, 0.1) is 25.3 Å². The van der Waals surface area contributed by atoms with E-state index in [-0.39, 0.29) is 11.9 Å². The van der Waals surface area contributed by atoms with Crippen molar-refractivity contribution in [2.45, 2.75) is 38.5 Å². The van der Waals surface area contributed by atoms with Gasteiger partial charge in [-0.2, -0.15) is 5.10 Å². The molecule has 1 heterocycles. The van der Waals surface area contributed by atoms with Crippen molar-refractivity contribution < 1.29 is 9.53 Å². The van der Waals surface area contributed by atoms with E-state index in [1.165, 1.54) is 5.56 Å². The van der Waals surface area contributed by atoms with Crippen molar-refractivity contribution >= 4 is 11.7 Å². The van der Waals surface area contributed by atoms with Gasteiger partial charge in [-0.3, -0.25) is 9.48 Å². The molecule has 0 aliphatic rings. The maximum atomic E-state index is 12.3. The molecule has 2 unspecified atom stereocenters. The molecule has 5 nitrogen and oxygen atoms in total. The zero-order valence-corrected chi connectivity index (χ0v) is 14.4. The van der Waals surface area contributed by atoms with E-state index in [1.807, 2.05) is 44.4 Å². The van der Waals surface area contributed by atoms with E-state index in [2.05, 4.69) is 16.9 Å². The first-order valence-electron chi connectivity index (χ1n) is 8.17. The van der Waals surface area contributed by atoms with Gasteiger partial charge in [0.15, 0.2) is 5.69 Å². The molecule has 1 aromatic heterocycles. The highest BCUT2D eigenvalue weighted by atomic mass is 16.5. The van der Waals surface area contributed by atoms with Crippen LogP contribution in [0, 0.1) is 6.57 Å². The van der Waals surface area contributed by atoms with Gasteiger partial charge < -0.3 is 4.74 Å². The Morgan fingerprint density at radius 1 is 1.29 bits per heavy atom. The number of carbonyl (C=O) groups excluding carboxylic acids is 1. The standard InChI is InChI=1S/C19H23N3O2/c1-5-24-19(23)18(16-12-21-22(4)13-16)11-6-14(2)15-7-9-17(20-3)10-8-15/h7-10,12-14,18H,5-6,11H2,1-2,4H3. The second kappa shape index (κ2) is 8.30. The number of aryl methyl sites for hydroxylation is 1. The fourth-order valence-electron chi connectivity index (χ4n) is 2.74. The minimum absolute atomic E-state index is 0.193. The maximum Gasteiger partial charge on any atom is 0.313 e. The predicted molar refractivity (Wildman–Crippen MR) is 92.9 cm³/mol. The van der Waals surface area contributed by atoms with Crippen molar-refractivity contribution in [3.05, 3.63) is 59.2 Å². The Kier molecular flexibility index (Phi) is 6.14. The summed E-state index contributed by atoms with van der Waals surface area (Å²) in [6, 6.07) is 7.65. The molecule has 2 aromatic rings. The lowest BCUT2D eigenvalue weighted by Gasteiger charge is -2.17. The summed E-state index contributed by atoms with van der Waals surface area (Å²) in [4.78, 5) is 15.7. The number of ether oxygens (including phenoxy) is 1. The molecule has 24 heavy (non-hydrogen) atoms. The van der Waals surface area contributed by atoms with Crippen LogP contribution < -0.4 is 0 Å². The zero-order valence-electron chi connectivity index (χ0n) is 14.4. The summed E-state index contributed by atoms with van der Waals surface area (Å²) in [6.45, 7) is 11.3. The molecule has 0 amide bonds. The Morgan fingerprint density at radius 3 is 2.54 bits per heavy atom. The molecule has 0 aliphatic heterocycles. The average molecular weight is 325 g/mol. The van der Waals surface area contributed by atoms with Crippen LogP contribution in [0.25, 0.3) is 4.85 Å². The third kappa shape index (κ3) is 4.45. The number of aromatic nitrogens is 2. The minimum Gasteiger partial charge on any atom is -0.466 e. The lowest BCUT2D eigenvalue weighted by Crippen LogP contribution is -2.16. The van der Waals surface area contributed by atoms with Crippen LogP contribution in [-0.2, 0) is 16.6 Å². The normalized spacial score (nSPS) is 13.1. The van der Waals surface area contributed by atoms with E-state index in [1.54, 1.807) is 10.9 Å². The summed E-state index contributed by atoms with van der Waals surface area (Å²) in [5.41, 5.74) is 2.72. The van der Waals surface area contributed by atoms with Crippen molar-refractivity contribution in [1.82, 2.24) is 9.78 Å². The first-order valence-corrected chi connectivity index (χ1v) is 8.17. The summed E-state index contributed by atoms with van der Waals surface area (Å²) < 4.78 is 6.93. The highest BCUT2D eigenvalue weighted by Gasteiger charge is 2.24. The third-order valence-corrected chi connectivity index (χ3v) is 4.18. The fourth-order valence-corrected chi connectivity index (χ4v) is 2.74. The molecule has 2 atom stereocenters. The Labute approximate surface area is 143 Å². The molecule has 0 spiro atoms. The fraction of sp³-hybridized carbons (Fsp3) is 0.421. The number of nitrogens with zero attached hydrogens (tertiary/aromatic N) is 3. The van der Waals surface area contributed by atoms with Crippen LogP contribution in [-0.4, -0.2) is 22.4 Å². The van der Waals surface area contributed by atoms with E-state index >= 15 is 0 Å². The summed E-state index contributed by atoms with van der Waals surface area (Å²) >= 11 is 0. The molecule has 0 saturated carbocycles. The Bertz CT molecular complexity index is 713. The maximum absolute atomic E-state index is 12.3. The van der Waals surface area contributed by atoms with E-state index in [9.17, 15) is 4.79 Å². The Balaban J connectivity index is 2.06. The van der Waals surface area contributed by atoms with Crippen molar-refractivity contribution in [3.8, 4) is 0 Å². The van der Waals surface area contributed by atoms with Crippen LogP contribution in [0.1, 0.15) is 49.7 Å². The molecule has 5 heteroatoms. The van der Waals surface area contributed by atoms with Gasteiger partial charge in [-0.25, -0.2) is 4.85 Å². The van der Waals surface area contributed by atoms with Gasteiger partial charge in [0.2, 0.25) is 0 Å². The second-order valence-electron chi connectivity index (χ2n) is 5.93. The minimum atomic E-state index is -0.288. The van der Waals surface area contributed by atoms with Gasteiger partial charge in [0.1, 0.15) is 0 Å². The lowest BCUT2D eigenvalue weighted by atomic mass is 9.89. The van der Waals surface area contributed by atoms with Crippen LogP contribution in [0.5, 0.6) is 0 Å². The van der Waals surface area contributed by atoms with Gasteiger partial charge in [0, 0.05) is 18.8 Å². The van der Waals surface area contributed by atoms with Gasteiger partial charge in [-0.05, 0) is 31.2 Å². The van der Waals surface area contributed by atoms with Crippen molar-refractivity contribution in [2.24, 2.45) is 7.05 Å². The number of benzene rings is 1. The van der Waals surface area contributed by atoms with Crippen LogP contribution in [0.3, 0.4) is 0 Å². The number of rotatable bonds is 7. The quantitative estimate of drug-likeness (QED) is 0.566. The number of esters is 1. The molecule has 0 aliphatic carbocycles. The van der Waals surface area contributed by atoms with Crippen LogP contribution in [0.2, 0.25) is 0 Å². The van der Waals surface area contributed by atoms with Crippen LogP contribution in [0.15, 0.2) is 36.7 Å². The Hall–Kier alpha value is -2.61. The highest BCUT2D eigenvalue weighted by Crippen LogP contribution is 2.29. The summed E-state index contributed by atoms with van der Waals surface area (Å²) in [7, 11) is 1.84.